The van der Waals surface area contributed by atoms with Gasteiger partial charge >= 0.3 is 0 Å². The minimum atomic E-state index is -0.589. The molecule has 0 spiro atoms. The number of nitro benzene ring substituents is 1. The van der Waals surface area contributed by atoms with Crippen molar-refractivity contribution in [3.8, 4) is 6.07 Å². The third-order valence-corrected chi connectivity index (χ3v) is 1.84. The highest BCUT2D eigenvalue weighted by Crippen LogP contribution is 2.20. The Hall–Kier alpha value is -1.60. The van der Waals surface area contributed by atoms with E-state index in [2.05, 4.69) is 0 Å². The standard InChI is InChI=1S/C8H5ClN2O2/c9-4-6-1-2-7(5-10)8(3-6)11(12)13/h1-3H,4H2. The van der Waals surface area contributed by atoms with Crippen molar-refractivity contribution in [1.29, 1.82) is 5.26 Å². The molecule has 1 rings (SSSR count). The van der Waals surface area contributed by atoms with Crippen LogP contribution in [0.2, 0.25) is 0 Å². The number of rotatable bonds is 2. The quantitative estimate of drug-likeness (QED) is 0.414. The molecule has 0 aliphatic heterocycles. The maximum atomic E-state index is 10.5. The van der Waals surface area contributed by atoms with E-state index in [1.807, 2.05) is 0 Å². The van der Waals surface area contributed by atoms with Crippen LogP contribution in [-0.4, -0.2) is 4.92 Å². The van der Waals surface area contributed by atoms with Gasteiger partial charge in [-0.15, -0.1) is 11.6 Å². The lowest BCUT2D eigenvalue weighted by Crippen LogP contribution is -1.93. The molecule has 13 heavy (non-hydrogen) atoms. The molecule has 0 amide bonds. The Morgan fingerprint density at radius 1 is 1.62 bits per heavy atom. The lowest BCUT2D eigenvalue weighted by molar-refractivity contribution is -0.385. The van der Waals surface area contributed by atoms with Gasteiger partial charge in [0.05, 0.1) is 4.92 Å². The normalized spacial score (nSPS) is 9.23. The zero-order valence-electron chi connectivity index (χ0n) is 6.53. The number of nitriles is 1. The third-order valence-electron chi connectivity index (χ3n) is 1.53. The summed E-state index contributed by atoms with van der Waals surface area (Å²) in [5.74, 6) is 0.201. The van der Waals surface area contributed by atoms with Crippen LogP contribution in [-0.2, 0) is 5.88 Å². The van der Waals surface area contributed by atoms with Gasteiger partial charge in [-0.25, -0.2) is 0 Å². The van der Waals surface area contributed by atoms with E-state index in [0.29, 0.717) is 5.56 Å². The van der Waals surface area contributed by atoms with E-state index in [9.17, 15) is 10.1 Å². The van der Waals surface area contributed by atoms with E-state index in [1.54, 1.807) is 12.1 Å². The van der Waals surface area contributed by atoms with Crippen molar-refractivity contribution in [2.75, 3.05) is 0 Å². The second kappa shape index (κ2) is 3.87. The molecule has 0 N–H and O–H groups in total. The van der Waals surface area contributed by atoms with Crippen molar-refractivity contribution in [3.05, 3.63) is 39.4 Å². The SMILES string of the molecule is N#Cc1ccc(CCl)cc1[N+](=O)[O-]. The van der Waals surface area contributed by atoms with Crippen LogP contribution in [0.3, 0.4) is 0 Å². The predicted octanol–water partition coefficient (Wildman–Crippen LogP) is 2.21. The highest BCUT2D eigenvalue weighted by atomic mass is 35.5. The second-order valence-electron chi connectivity index (χ2n) is 2.35. The van der Waals surface area contributed by atoms with Crippen LogP contribution in [0.4, 0.5) is 5.69 Å². The van der Waals surface area contributed by atoms with Crippen LogP contribution in [0.25, 0.3) is 0 Å². The van der Waals surface area contributed by atoms with Crippen molar-refractivity contribution in [3.63, 3.8) is 0 Å². The summed E-state index contributed by atoms with van der Waals surface area (Å²) in [5.41, 5.74) is 0.492. The summed E-state index contributed by atoms with van der Waals surface area (Å²) in [7, 11) is 0. The Labute approximate surface area is 79.5 Å². The molecule has 1 aromatic rings. The van der Waals surface area contributed by atoms with E-state index >= 15 is 0 Å². The van der Waals surface area contributed by atoms with Crippen molar-refractivity contribution in [2.45, 2.75) is 5.88 Å². The Bertz CT molecular complexity index is 384. The molecule has 0 atom stereocenters. The lowest BCUT2D eigenvalue weighted by atomic mass is 10.1. The zero-order valence-corrected chi connectivity index (χ0v) is 7.28. The molecule has 1 aromatic carbocycles. The fourth-order valence-electron chi connectivity index (χ4n) is 0.906. The summed E-state index contributed by atoms with van der Waals surface area (Å²) >= 11 is 5.49. The molecule has 0 radical (unpaired) electrons. The van der Waals surface area contributed by atoms with Crippen LogP contribution in [0.5, 0.6) is 0 Å². The van der Waals surface area contributed by atoms with Gasteiger partial charge in [-0.3, -0.25) is 10.1 Å². The van der Waals surface area contributed by atoms with Crippen LogP contribution in [0.15, 0.2) is 18.2 Å². The Kier molecular flexibility index (Phi) is 2.83. The third kappa shape index (κ3) is 1.95. The second-order valence-corrected chi connectivity index (χ2v) is 2.62. The number of hydrogen-bond acceptors (Lipinski definition) is 3. The first-order valence-electron chi connectivity index (χ1n) is 3.42. The molecule has 66 valence electrons. The predicted molar refractivity (Wildman–Crippen MR) is 47.4 cm³/mol. The zero-order chi connectivity index (χ0) is 9.84. The first-order valence-corrected chi connectivity index (χ1v) is 3.96. The topological polar surface area (TPSA) is 66.9 Å². The number of nitrogens with zero attached hydrogens (tertiary/aromatic N) is 2. The summed E-state index contributed by atoms with van der Waals surface area (Å²) in [6.45, 7) is 0. The van der Waals surface area contributed by atoms with Crippen LogP contribution in [0.1, 0.15) is 11.1 Å². The largest absolute Gasteiger partial charge is 0.287 e. The molecular weight excluding hydrogens is 192 g/mol. The number of nitro groups is 1. The average molecular weight is 197 g/mol. The van der Waals surface area contributed by atoms with Crippen molar-refractivity contribution < 1.29 is 4.92 Å². The molecule has 0 aromatic heterocycles. The first kappa shape index (κ1) is 9.49. The molecule has 4 nitrogen and oxygen atoms in total. The fourth-order valence-corrected chi connectivity index (χ4v) is 1.07. The van der Waals surface area contributed by atoms with Crippen LogP contribution >= 0.6 is 11.6 Å². The summed E-state index contributed by atoms with van der Waals surface area (Å²) in [6.07, 6.45) is 0. The molecule has 0 aliphatic carbocycles. The van der Waals surface area contributed by atoms with Gasteiger partial charge in [0.1, 0.15) is 11.6 Å². The molecule has 0 bridgehead atoms. The van der Waals surface area contributed by atoms with Gasteiger partial charge in [0, 0.05) is 11.9 Å². The van der Waals surface area contributed by atoms with Gasteiger partial charge in [0.2, 0.25) is 0 Å². The number of hydrogen-bond donors (Lipinski definition) is 0. The van der Waals surface area contributed by atoms with E-state index in [4.69, 9.17) is 16.9 Å². The van der Waals surface area contributed by atoms with Gasteiger partial charge in [0.15, 0.2) is 0 Å². The highest BCUT2D eigenvalue weighted by Gasteiger charge is 2.13. The molecule has 0 heterocycles. The maximum Gasteiger partial charge on any atom is 0.287 e. The van der Waals surface area contributed by atoms with Crippen molar-refractivity contribution in [1.82, 2.24) is 0 Å². The van der Waals surface area contributed by atoms with Gasteiger partial charge in [0.25, 0.3) is 5.69 Å². The Balaban J connectivity index is 3.28. The van der Waals surface area contributed by atoms with E-state index < -0.39 is 4.92 Å². The van der Waals surface area contributed by atoms with Crippen LogP contribution < -0.4 is 0 Å². The van der Waals surface area contributed by atoms with Gasteiger partial charge in [-0.1, -0.05) is 6.07 Å². The van der Waals surface area contributed by atoms with Crippen molar-refractivity contribution >= 4 is 17.3 Å². The number of halogens is 1. The van der Waals surface area contributed by atoms with Crippen LogP contribution in [0, 0.1) is 21.4 Å². The van der Waals surface area contributed by atoms with E-state index in [-0.39, 0.29) is 17.1 Å². The monoisotopic (exact) mass is 196 g/mol. The highest BCUT2D eigenvalue weighted by molar-refractivity contribution is 6.17. The van der Waals surface area contributed by atoms with E-state index in [0.717, 1.165) is 0 Å². The number of benzene rings is 1. The molecule has 0 saturated heterocycles. The van der Waals surface area contributed by atoms with Gasteiger partial charge in [-0.2, -0.15) is 5.26 Å². The summed E-state index contributed by atoms with van der Waals surface area (Å²) in [5, 5.41) is 19.0. The lowest BCUT2D eigenvalue weighted by Gasteiger charge is -1.96. The first-order chi connectivity index (χ1) is 6.19. The summed E-state index contributed by atoms with van der Waals surface area (Å²) < 4.78 is 0. The number of alkyl halides is 1. The molecule has 0 unspecified atom stereocenters. The summed E-state index contributed by atoms with van der Waals surface area (Å²) in [6, 6.07) is 6.05. The fraction of sp³-hybridized carbons (Fsp3) is 0.125. The molecule has 0 saturated carbocycles. The minimum Gasteiger partial charge on any atom is -0.258 e. The maximum absolute atomic E-state index is 10.5. The molecule has 0 aliphatic rings. The van der Waals surface area contributed by atoms with E-state index in [1.165, 1.54) is 12.1 Å². The molecule has 5 heteroatoms. The average Bonchev–Trinajstić information content (AvgIpc) is 2.16. The van der Waals surface area contributed by atoms with Gasteiger partial charge < -0.3 is 0 Å². The van der Waals surface area contributed by atoms with Crippen molar-refractivity contribution in [2.24, 2.45) is 0 Å². The minimum absolute atomic E-state index is 0.0545. The van der Waals surface area contributed by atoms with Gasteiger partial charge in [-0.05, 0) is 11.6 Å². The Morgan fingerprint density at radius 2 is 2.31 bits per heavy atom. The smallest absolute Gasteiger partial charge is 0.258 e. The molecular formula is C8H5ClN2O2. The Morgan fingerprint density at radius 3 is 2.77 bits per heavy atom. The summed E-state index contributed by atoms with van der Waals surface area (Å²) in [4.78, 5) is 9.87. The molecule has 0 fully saturated rings.